The third kappa shape index (κ3) is 3.69. The maximum atomic E-state index is 14.9. The van der Waals surface area contributed by atoms with Crippen molar-refractivity contribution in [3.63, 3.8) is 0 Å². The van der Waals surface area contributed by atoms with Gasteiger partial charge in [0.25, 0.3) is 0 Å². The molecule has 2 aliphatic carbocycles. The van der Waals surface area contributed by atoms with Gasteiger partial charge in [-0.05, 0) is 75.1 Å². The highest BCUT2D eigenvalue weighted by atomic mass is 19.1. The number of hydrogen-bond donors (Lipinski definition) is 1. The molecule has 0 radical (unpaired) electrons. The van der Waals surface area contributed by atoms with E-state index in [9.17, 15) is 9.50 Å². The Morgan fingerprint density at radius 3 is 2.65 bits per heavy atom. The number of fused-ring (bicyclic) bond motifs is 5. The molecule has 3 heterocycles. The van der Waals surface area contributed by atoms with Crippen molar-refractivity contribution in [3.8, 4) is 11.6 Å². The molecular formula is C29H32FN5O2. The van der Waals surface area contributed by atoms with Crippen LogP contribution in [-0.4, -0.2) is 30.3 Å². The Balaban J connectivity index is 1.64. The molecular weight excluding hydrogens is 469 g/mol. The van der Waals surface area contributed by atoms with Crippen LogP contribution >= 0.6 is 0 Å². The number of rotatable bonds is 6. The van der Waals surface area contributed by atoms with Gasteiger partial charge < -0.3 is 9.52 Å². The summed E-state index contributed by atoms with van der Waals surface area (Å²) in [7, 11) is 0. The predicted molar refractivity (Wildman–Crippen MR) is 139 cm³/mol. The summed E-state index contributed by atoms with van der Waals surface area (Å²) >= 11 is 0. The van der Waals surface area contributed by atoms with Gasteiger partial charge in [-0.2, -0.15) is 10.2 Å². The first-order chi connectivity index (χ1) is 17.4. The molecule has 192 valence electrons. The minimum Gasteiger partial charge on any atom is -0.443 e. The number of halogens is 1. The highest BCUT2D eigenvalue weighted by Gasteiger charge is 2.65. The largest absolute Gasteiger partial charge is 0.443 e. The SMILES string of the molecule is C=C(C)C(=C(F)C=CC)c1cc2c(nn1)[C@@]1(c3cncc(-c4nc(C(C)(C)O)co4)n3)CC[C@@H]2C1(C)C. The Bertz CT molecular complexity index is 1460. The number of allylic oxidation sites excluding steroid dienone is 5. The van der Waals surface area contributed by atoms with Gasteiger partial charge in [-0.15, -0.1) is 0 Å². The molecule has 1 fully saturated rings. The highest BCUT2D eigenvalue weighted by molar-refractivity contribution is 5.79. The van der Waals surface area contributed by atoms with Crippen LogP contribution in [0.2, 0.25) is 0 Å². The van der Waals surface area contributed by atoms with E-state index in [4.69, 9.17) is 14.5 Å². The second-order valence-electron chi connectivity index (χ2n) is 11.1. The Kier molecular flexibility index (Phi) is 5.79. The molecule has 2 aliphatic rings. The molecule has 2 atom stereocenters. The number of aromatic nitrogens is 5. The molecule has 3 aromatic rings. The standard InChI is InChI=1S/C29H32FN5O2/c1-8-9-19(30)24(16(2)3)20-12-17-18-10-11-29(27(18,4)5,25(17)35-34-20)22-14-31-13-21(32-22)26-33-23(15-37-26)28(6,7)36/h8-9,12-15,18,36H,2,10-11H2,1,3-7H3/t18-,29-/m0/s1. The van der Waals surface area contributed by atoms with Crippen LogP contribution in [-0.2, 0) is 11.0 Å². The lowest BCUT2D eigenvalue weighted by molar-refractivity contribution is 0.0738. The summed E-state index contributed by atoms with van der Waals surface area (Å²) in [5.41, 5.74) is 3.20. The van der Waals surface area contributed by atoms with E-state index >= 15 is 0 Å². The van der Waals surface area contributed by atoms with Crippen LogP contribution in [0.4, 0.5) is 4.39 Å². The van der Waals surface area contributed by atoms with Crippen LogP contribution < -0.4 is 0 Å². The fourth-order valence-corrected chi connectivity index (χ4v) is 6.14. The molecule has 3 aromatic heterocycles. The maximum Gasteiger partial charge on any atom is 0.247 e. The summed E-state index contributed by atoms with van der Waals surface area (Å²) in [5, 5.41) is 19.5. The molecule has 0 unspecified atom stereocenters. The molecule has 37 heavy (non-hydrogen) atoms. The van der Waals surface area contributed by atoms with Crippen molar-refractivity contribution in [2.75, 3.05) is 0 Å². The van der Waals surface area contributed by atoms with E-state index in [0.717, 1.165) is 29.8 Å². The van der Waals surface area contributed by atoms with Crippen LogP contribution in [0.5, 0.6) is 0 Å². The molecule has 0 saturated heterocycles. The lowest BCUT2D eigenvalue weighted by Gasteiger charge is -2.37. The first-order valence-corrected chi connectivity index (χ1v) is 12.5. The van der Waals surface area contributed by atoms with Gasteiger partial charge >= 0.3 is 0 Å². The van der Waals surface area contributed by atoms with E-state index in [0.29, 0.717) is 34.1 Å². The average molecular weight is 502 g/mol. The first-order valence-electron chi connectivity index (χ1n) is 12.5. The van der Waals surface area contributed by atoms with E-state index < -0.39 is 11.0 Å². The van der Waals surface area contributed by atoms with E-state index in [1.807, 2.05) is 6.07 Å². The summed E-state index contributed by atoms with van der Waals surface area (Å²) < 4.78 is 20.6. The van der Waals surface area contributed by atoms with Crippen LogP contribution in [0.15, 0.2) is 59.3 Å². The molecule has 8 heteroatoms. The minimum absolute atomic E-state index is 0.210. The molecule has 1 saturated carbocycles. The Morgan fingerprint density at radius 1 is 1.24 bits per heavy atom. The third-order valence-corrected chi connectivity index (χ3v) is 8.04. The van der Waals surface area contributed by atoms with E-state index in [1.54, 1.807) is 46.2 Å². The number of oxazole rings is 1. The fourth-order valence-electron chi connectivity index (χ4n) is 6.14. The number of hydrogen-bond acceptors (Lipinski definition) is 7. The molecule has 0 aromatic carbocycles. The summed E-state index contributed by atoms with van der Waals surface area (Å²) in [6.45, 7) is 15.3. The van der Waals surface area contributed by atoms with Crippen molar-refractivity contribution in [2.45, 2.75) is 71.3 Å². The van der Waals surface area contributed by atoms with Gasteiger partial charge in [0.2, 0.25) is 5.89 Å². The molecule has 0 aliphatic heterocycles. The van der Waals surface area contributed by atoms with Crippen molar-refractivity contribution in [2.24, 2.45) is 5.41 Å². The molecule has 7 nitrogen and oxygen atoms in total. The van der Waals surface area contributed by atoms with Crippen molar-refractivity contribution in [1.29, 1.82) is 0 Å². The molecule has 2 bridgehead atoms. The lowest BCUT2D eigenvalue weighted by atomic mass is 9.66. The molecule has 0 spiro atoms. The van der Waals surface area contributed by atoms with Gasteiger partial charge in [0.1, 0.15) is 29.1 Å². The van der Waals surface area contributed by atoms with Gasteiger partial charge in [0.05, 0.1) is 28.7 Å². The Labute approximate surface area is 216 Å². The quantitative estimate of drug-likeness (QED) is 0.402. The smallest absolute Gasteiger partial charge is 0.247 e. The van der Waals surface area contributed by atoms with E-state index in [2.05, 4.69) is 35.5 Å². The zero-order valence-corrected chi connectivity index (χ0v) is 22.1. The van der Waals surface area contributed by atoms with Gasteiger partial charge in [0, 0.05) is 11.8 Å². The zero-order chi connectivity index (χ0) is 26.8. The minimum atomic E-state index is -1.13. The maximum absolute atomic E-state index is 14.9. The van der Waals surface area contributed by atoms with Gasteiger partial charge in [-0.3, -0.25) is 4.98 Å². The molecule has 0 amide bonds. The average Bonchev–Trinajstić information content (AvgIpc) is 3.48. The van der Waals surface area contributed by atoms with Crippen molar-refractivity contribution in [1.82, 2.24) is 25.1 Å². The monoisotopic (exact) mass is 501 g/mol. The van der Waals surface area contributed by atoms with Crippen molar-refractivity contribution >= 4 is 5.57 Å². The molecule has 1 N–H and O–H groups in total. The second-order valence-corrected chi connectivity index (χ2v) is 11.1. The van der Waals surface area contributed by atoms with E-state index in [1.165, 1.54) is 12.3 Å². The van der Waals surface area contributed by atoms with Crippen molar-refractivity contribution in [3.05, 3.63) is 83.2 Å². The summed E-state index contributed by atoms with van der Waals surface area (Å²) in [6.07, 6.45) is 9.70. The van der Waals surface area contributed by atoms with Crippen molar-refractivity contribution < 1.29 is 13.9 Å². The fraction of sp³-hybridized carbons (Fsp3) is 0.414. The number of aliphatic hydroxyl groups is 1. The predicted octanol–water partition coefficient (Wildman–Crippen LogP) is 6.19. The first kappa shape index (κ1) is 25.1. The normalized spacial score (nSPS) is 22.9. The molecule has 5 rings (SSSR count). The van der Waals surface area contributed by atoms with E-state index in [-0.39, 0.29) is 17.2 Å². The summed E-state index contributed by atoms with van der Waals surface area (Å²) in [6, 6.07) is 1.98. The summed E-state index contributed by atoms with van der Waals surface area (Å²) in [4.78, 5) is 13.9. The third-order valence-electron chi connectivity index (χ3n) is 8.04. The lowest BCUT2D eigenvalue weighted by Crippen LogP contribution is -2.38. The zero-order valence-electron chi connectivity index (χ0n) is 22.1. The highest BCUT2D eigenvalue weighted by Crippen LogP contribution is 2.69. The van der Waals surface area contributed by atoms with Gasteiger partial charge in [-0.25, -0.2) is 14.4 Å². The number of nitrogens with zero attached hydrogens (tertiary/aromatic N) is 5. The van der Waals surface area contributed by atoms with Crippen LogP contribution in [0, 0.1) is 5.41 Å². The van der Waals surface area contributed by atoms with Crippen LogP contribution in [0.3, 0.4) is 0 Å². The van der Waals surface area contributed by atoms with Gasteiger partial charge in [-0.1, -0.05) is 26.5 Å². The topological polar surface area (TPSA) is 97.8 Å². The van der Waals surface area contributed by atoms with Gasteiger partial charge in [0.15, 0.2) is 0 Å². The summed E-state index contributed by atoms with van der Waals surface area (Å²) in [5.74, 6) is 0.128. The Hall–Kier alpha value is -3.52. The Morgan fingerprint density at radius 2 is 2.00 bits per heavy atom. The second kappa shape index (κ2) is 8.52. The van der Waals surface area contributed by atoms with Crippen LogP contribution in [0.25, 0.3) is 17.2 Å². The van der Waals surface area contributed by atoms with Crippen LogP contribution in [0.1, 0.15) is 88.6 Å².